The molecule has 9 heteroatoms. The molecule has 2 aromatic carbocycles. The summed E-state index contributed by atoms with van der Waals surface area (Å²) in [4.78, 5) is 22.0. The van der Waals surface area contributed by atoms with Crippen LogP contribution in [0, 0.1) is 10.1 Å². The van der Waals surface area contributed by atoms with Crippen molar-refractivity contribution < 1.29 is 24.7 Å². The summed E-state index contributed by atoms with van der Waals surface area (Å²) in [6, 6.07) is 7.41. The Labute approximate surface area is 136 Å². The van der Waals surface area contributed by atoms with Crippen molar-refractivity contribution in [2.75, 3.05) is 7.11 Å². The molecule has 0 unspecified atom stereocenters. The molecule has 0 radical (unpaired) electrons. The smallest absolute Gasteiger partial charge is 0.271 e. The standard InChI is InChI=1S/C15H13N3O6/c1-24-14-7-9(2-4-13(14)20)15(21)17-16-8-10-6-11(18(22)23)3-5-12(10)19/h2-8,19-20H,1H3,(H,17,21). The van der Waals surface area contributed by atoms with Crippen molar-refractivity contribution in [3.63, 3.8) is 0 Å². The first-order valence-corrected chi connectivity index (χ1v) is 6.60. The zero-order valence-corrected chi connectivity index (χ0v) is 12.5. The van der Waals surface area contributed by atoms with Crippen LogP contribution in [0.25, 0.3) is 0 Å². The number of carbonyl (C=O) groups excluding carboxylic acids is 1. The number of phenolic OH excluding ortho intramolecular Hbond substituents is 2. The summed E-state index contributed by atoms with van der Waals surface area (Å²) in [5.41, 5.74) is 2.25. The zero-order chi connectivity index (χ0) is 17.7. The predicted molar refractivity (Wildman–Crippen MR) is 84.5 cm³/mol. The molecule has 0 bridgehead atoms. The van der Waals surface area contributed by atoms with Gasteiger partial charge < -0.3 is 14.9 Å². The van der Waals surface area contributed by atoms with Crippen molar-refractivity contribution in [2.45, 2.75) is 0 Å². The van der Waals surface area contributed by atoms with Gasteiger partial charge in [-0.3, -0.25) is 14.9 Å². The van der Waals surface area contributed by atoms with E-state index in [1.54, 1.807) is 0 Å². The van der Waals surface area contributed by atoms with Crippen molar-refractivity contribution in [2.24, 2.45) is 5.10 Å². The summed E-state index contributed by atoms with van der Waals surface area (Å²) in [7, 11) is 1.35. The number of non-ortho nitro benzene ring substituents is 1. The van der Waals surface area contributed by atoms with Gasteiger partial charge in [-0.25, -0.2) is 5.43 Å². The highest BCUT2D eigenvalue weighted by Crippen LogP contribution is 2.26. The molecule has 0 aliphatic rings. The number of carbonyl (C=O) groups is 1. The highest BCUT2D eigenvalue weighted by atomic mass is 16.6. The quantitative estimate of drug-likeness (QED) is 0.434. The fraction of sp³-hybridized carbons (Fsp3) is 0.0667. The van der Waals surface area contributed by atoms with E-state index in [0.717, 1.165) is 24.4 Å². The van der Waals surface area contributed by atoms with E-state index >= 15 is 0 Å². The van der Waals surface area contributed by atoms with Crippen molar-refractivity contribution in [1.29, 1.82) is 0 Å². The number of hydrogen-bond donors (Lipinski definition) is 3. The Kier molecular flexibility index (Phi) is 4.95. The van der Waals surface area contributed by atoms with Gasteiger partial charge in [0.25, 0.3) is 11.6 Å². The first-order valence-electron chi connectivity index (χ1n) is 6.60. The number of nitrogens with one attached hydrogen (secondary N) is 1. The van der Waals surface area contributed by atoms with Gasteiger partial charge in [-0.05, 0) is 24.3 Å². The van der Waals surface area contributed by atoms with Gasteiger partial charge in [0.1, 0.15) is 5.75 Å². The molecule has 9 nitrogen and oxygen atoms in total. The van der Waals surface area contributed by atoms with Gasteiger partial charge in [-0.15, -0.1) is 0 Å². The van der Waals surface area contributed by atoms with E-state index in [0.29, 0.717) is 0 Å². The lowest BCUT2D eigenvalue weighted by Gasteiger charge is -2.05. The number of phenols is 2. The summed E-state index contributed by atoms with van der Waals surface area (Å²) >= 11 is 0. The van der Waals surface area contributed by atoms with E-state index < -0.39 is 10.8 Å². The third-order valence-corrected chi connectivity index (χ3v) is 3.03. The second-order valence-electron chi connectivity index (χ2n) is 4.59. The highest BCUT2D eigenvalue weighted by molar-refractivity contribution is 5.95. The van der Waals surface area contributed by atoms with E-state index in [4.69, 9.17) is 4.74 Å². The highest BCUT2D eigenvalue weighted by Gasteiger charge is 2.10. The molecule has 0 aromatic heterocycles. The topological polar surface area (TPSA) is 134 Å². The van der Waals surface area contributed by atoms with Gasteiger partial charge in [0.15, 0.2) is 11.5 Å². The monoisotopic (exact) mass is 331 g/mol. The lowest BCUT2D eigenvalue weighted by atomic mass is 10.2. The number of ether oxygens (including phenoxy) is 1. The van der Waals surface area contributed by atoms with Gasteiger partial charge in [0.05, 0.1) is 18.2 Å². The predicted octanol–water partition coefficient (Wildman–Crippen LogP) is 1.78. The summed E-state index contributed by atoms with van der Waals surface area (Å²) in [5, 5.41) is 33.4. The number of hydrogen-bond acceptors (Lipinski definition) is 7. The van der Waals surface area contributed by atoms with Crippen LogP contribution in [-0.4, -0.2) is 34.4 Å². The third-order valence-electron chi connectivity index (χ3n) is 3.03. The number of benzene rings is 2. The number of amides is 1. The fourth-order valence-electron chi connectivity index (χ4n) is 1.80. The number of nitro benzene ring substituents is 1. The Hall–Kier alpha value is -3.62. The first kappa shape index (κ1) is 16.7. The van der Waals surface area contributed by atoms with Crippen LogP contribution in [-0.2, 0) is 0 Å². The van der Waals surface area contributed by atoms with Crippen molar-refractivity contribution in [3.05, 3.63) is 57.6 Å². The minimum Gasteiger partial charge on any atom is -0.507 e. The molecule has 0 aliphatic carbocycles. The van der Waals surface area contributed by atoms with Gasteiger partial charge in [0, 0.05) is 23.3 Å². The van der Waals surface area contributed by atoms with Crippen molar-refractivity contribution >= 4 is 17.8 Å². The molecule has 2 aromatic rings. The van der Waals surface area contributed by atoms with Crippen molar-refractivity contribution in [3.8, 4) is 17.2 Å². The average molecular weight is 331 g/mol. The molecule has 0 fully saturated rings. The Balaban J connectivity index is 2.13. The second kappa shape index (κ2) is 7.09. The second-order valence-corrected chi connectivity index (χ2v) is 4.59. The molecule has 124 valence electrons. The number of nitro groups is 1. The fourth-order valence-corrected chi connectivity index (χ4v) is 1.80. The summed E-state index contributed by atoms with van der Waals surface area (Å²) < 4.78 is 4.90. The molecule has 24 heavy (non-hydrogen) atoms. The number of hydrazone groups is 1. The first-order chi connectivity index (χ1) is 11.4. The SMILES string of the molecule is COc1cc(C(=O)NN=Cc2cc([N+](=O)[O-])ccc2O)ccc1O. The average Bonchev–Trinajstić information content (AvgIpc) is 2.56. The maximum atomic E-state index is 11.9. The Morgan fingerprint density at radius 2 is 1.96 bits per heavy atom. The molecule has 2 rings (SSSR count). The Bertz CT molecular complexity index is 819. The van der Waals surface area contributed by atoms with E-state index in [-0.39, 0.29) is 34.1 Å². The Morgan fingerprint density at radius 1 is 1.25 bits per heavy atom. The molecule has 0 spiro atoms. The zero-order valence-electron chi connectivity index (χ0n) is 12.5. The largest absolute Gasteiger partial charge is 0.507 e. The number of aromatic hydroxyl groups is 2. The van der Waals surface area contributed by atoms with Gasteiger partial charge in [-0.2, -0.15) is 5.10 Å². The van der Waals surface area contributed by atoms with Gasteiger partial charge in [-0.1, -0.05) is 0 Å². The van der Waals surface area contributed by atoms with E-state index in [1.807, 2.05) is 0 Å². The molecule has 0 aliphatic heterocycles. The molecule has 0 saturated heterocycles. The summed E-state index contributed by atoms with van der Waals surface area (Å²) in [6.07, 6.45) is 1.08. The van der Waals surface area contributed by atoms with Crippen LogP contribution in [0.2, 0.25) is 0 Å². The van der Waals surface area contributed by atoms with Crippen LogP contribution < -0.4 is 10.2 Å². The number of methoxy groups -OCH3 is 1. The van der Waals surface area contributed by atoms with Gasteiger partial charge in [0.2, 0.25) is 0 Å². The third kappa shape index (κ3) is 3.77. The van der Waals surface area contributed by atoms with E-state index in [1.165, 1.54) is 25.3 Å². The maximum absolute atomic E-state index is 11.9. The van der Waals surface area contributed by atoms with E-state index in [9.17, 15) is 25.1 Å². The molecular weight excluding hydrogens is 318 g/mol. The molecule has 0 atom stereocenters. The summed E-state index contributed by atoms with van der Waals surface area (Å²) in [5.74, 6) is -0.790. The van der Waals surface area contributed by atoms with Crippen LogP contribution >= 0.6 is 0 Å². The lowest BCUT2D eigenvalue weighted by Crippen LogP contribution is -2.17. The molecule has 0 saturated carbocycles. The normalized spacial score (nSPS) is 10.5. The van der Waals surface area contributed by atoms with Crippen LogP contribution in [0.4, 0.5) is 5.69 Å². The molecule has 0 heterocycles. The molecule has 1 amide bonds. The maximum Gasteiger partial charge on any atom is 0.271 e. The number of rotatable bonds is 5. The number of nitrogens with zero attached hydrogens (tertiary/aromatic N) is 2. The lowest BCUT2D eigenvalue weighted by molar-refractivity contribution is -0.384. The molecule has 3 N–H and O–H groups in total. The Morgan fingerprint density at radius 3 is 2.62 bits per heavy atom. The van der Waals surface area contributed by atoms with E-state index in [2.05, 4.69) is 10.5 Å². The molecular formula is C15H13N3O6. The van der Waals surface area contributed by atoms with Crippen LogP contribution in [0.3, 0.4) is 0 Å². The minimum atomic E-state index is -0.613. The minimum absolute atomic E-state index is 0.0767. The summed E-state index contributed by atoms with van der Waals surface area (Å²) in [6.45, 7) is 0. The van der Waals surface area contributed by atoms with Crippen LogP contribution in [0.5, 0.6) is 17.2 Å². The van der Waals surface area contributed by atoms with Crippen LogP contribution in [0.1, 0.15) is 15.9 Å². The van der Waals surface area contributed by atoms with Crippen LogP contribution in [0.15, 0.2) is 41.5 Å². The van der Waals surface area contributed by atoms with Crippen molar-refractivity contribution in [1.82, 2.24) is 5.43 Å². The van der Waals surface area contributed by atoms with Gasteiger partial charge >= 0.3 is 0 Å².